The molecular weight excluding hydrogens is 254 g/mol. The Morgan fingerprint density at radius 2 is 1.76 bits per heavy atom. The lowest BCUT2D eigenvalue weighted by atomic mass is 9.95. The van der Waals surface area contributed by atoms with Crippen molar-refractivity contribution < 1.29 is 0 Å². The Balaban J connectivity index is 1.87. The molecule has 21 heavy (non-hydrogen) atoms. The van der Waals surface area contributed by atoms with Gasteiger partial charge in [0.05, 0.1) is 0 Å². The van der Waals surface area contributed by atoms with Crippen LogP contribution in [-0.4, -0.2) is 13.1 Å². The Hall–Kier alpha value is -1.60. The molecule has 1 heteroatoms. The highest BCUT2D eigenvalue weighted by Gasteiger charge is 2.09. The van der Waals surface area contributed by atoms with E-state index >= 15 is 0 Å². The van der Waals surface area contributed by atoms with Crippen LogP contribution in [0.4, 0.5) is 0 Å². The van der Waals surface area contributed by atoms with Crippen molar-refractivity contribution in [3.63, 3.8) is 0 Å². The summed E-state index contributed by atoms with van der Waals surface area (Å²) in [4.78, 5) is 0. The molecule has 0 heterocycles. The molecule has 0 saturated carbocycles. The molecule has 0 spiro atoms. The number of nitrogens with one attached hydrogen (secondary N) is 1. The molecule has 112 valence electrons. The lowest BCUT2D eigenvalue weighted by molar-refractivity contribution is 0.501. The van der Waals surface area contributed by atoms with Gasteiger partial charge in [-0.25, -0.2) is 0 Å². The average molecular weight is 281 g/mol. The van der Waals surface area contributed by atoms with Crippen molar-refractivity contribution in [2.24, 2.45) is 0 Å². The molecule has 2 aromatic carbocycles. The third-order valence-corrected chi connectivity index (χ3v) is 4.24. The maximum atomic E-state index is 3.48. The summed E-state index contributed by atoms with van der Waals surface area (Å²) in [6, 6.07) is 18.1. The second-order valence-electron chi connectivity index (χ2n) is 6.00. The highest BCUT2D eigenvalue weighted by atomic mass is 14.9. The Labute approximate surface area is 129 Å². The van der Waals surface area contributed by atoms with Crippen LogP contribution in [0.3, 0.4) is 0 Å². The fraction of sp³-hybridized carbons (Fsp3) is 0.400. The second kappa shape index (κ2) is 7.99. The third kappa shape index (κ3) is 5.02. The van der Waals surface area contributed by atoms with Crippen LogP contribution in [0.15, 0.2) is 48.5 Å². The molecule has 0 aliphatic rings. The minimum Gasteiger partial charge on any atom is -0.317 e. The highest BCUT2D eigenvalue weighted by Crippen LogP contribution is 2.15. The van der Waals surface area contributed by atoms with Gasteiger partial charge in [0.15, 0.2) is 0 Å². The van der Waals surface area contributed by atoms with Crippen molar-refractivity contribution in [1.29, 1.82) is 0 Å². The molecule has 1 unspecified atom stereocenters. The van der Waals surface area contributed by atoms with Crippen molar-refractivity contribution >= 4 is 0 Å². The van der Waals surface area contributed by atoms with Crippen molar-refractivity contribution in [2.45, 2.75) is 45.6 Å². The summed E-state index contributed by atoms with van der Waals surface area (Å²) in [6.07, 6.45) is 4.75. The van der Waals surface area contributed by atoms with Gasteiger partial charge in [-0.15, -0.1) is 0 Å². The molecule has 1 N–H and O–H groups in total. The van der Waals surface area contributed by atoms with Crippen LogP contribution in [0.1, 0.15) is 35.1 Å². The van der Waals surface area contributed by atoms with Gasteiger partial charge in [0.25, 0.3) is 0 Å². The van der Waals surface area contributed by atoms with Crippen molar-refractivity contribution in [2.75, 3.05) is 7.05 Å². The highest BCUT2D eigenvalue weighted by molar-refractivity contribution is 5.31. The summed E-state index contributed by atoms with van der Waals surface area (Å²) in [6.45, 7) is 4.39. The molecule has 1 atom stereocenters. The van der Waals surface area contributed by atoms with Crippen LogP contribution in [0.5, 0.6) is 0 Å². The molecule has 1 nitrogen and oxygen atoms in total. The van der Waals surface area contributed by atoms with Gasteiger partial charge >= 0.3 is 0 Å². The van der Waals surface area contributed by atoms with Gasteiger partial charge in [0, 0.05) is 6.04 Å². The van der Waals surface area contributed by atoms with Gasteiger partial charge in [0.2, 0.25) is 0 Å². The van der Waals surface area contributed by atoms with Gasteiger partial charge in [-0.3, -0.25) is 0 Å². The van der Waals surface area contributed by atoms with E-state index in [0.717, 1.165) is 6.42 Å². The number of rotatable bonds is 7. The molecule has 0 fully saturated rings. The van der Waals surface area contributed by atoms with Crippen LogP contribution in [0.2, 0.25) is 0 Å². The molecule has 0 aliphatic carbocycles. The first-order chi connectivity index (χ1) is 10.2. The second-order valence-corrected chi connectivity index (χ2v) is 6.00. The van der Waals surface area contributed by atoms with Crippen LogP contribution >= 0.6 is 0 Å². The van der Waals surface area contributed by atoms with Crippen molar-refractivity contribution in [3.05, 3.63) is 70.8 Å². The quantitative estimate of drug-likeness (QED) is 0.790. The van der Waals surface area contributed by atoms with Crippen molar-refractivity contribution in [3.8, 4) is 0 Å². The van der Waals surface area contributed by atoms with Crippen LogP contribution < -0.4 is 5.32 Å². The first-order valence-corrected chi connectivity index (χ1v) is 7.96. The maximum absolute atomic E-state index is 3.48. The molecule has 0 aromatic heterocycles. The first-order valence-electron chi connectivity index (χ1n) is 7.96. The van der Waals surface area contributed by atoms with E-state index in [9.17, 15) is 0 Å². The van der Waals surface area contributed by atoms with Crippen LogP contribution in [-0.2, 0) is 12.8 Å². The van der Waals surface area contributed by atoms with E-state index in [1.807, 2.05) is 0 Å². The molecule has 0 bridgehead atoms. The van der Waals surface area contributed by atoms with E-state index in [4.69, 9.17) is 0 Å². The number of hydrogen-bond donors (Lipinski definition) is 1. The topological polar surface area (TPSA) is 12.0 Å². The fourth-order valence-corrected chi connectivity index (χ4v) is 2.83. The SMILES string of the molecule is CNC(CCCc1ccccc1)Cc1cc(C)ccc1C. The molecule has 0 saturated heterocycles. The number of benzene rings is 2. The zero-order chi connectivity index (χ0) is 15.1. The van der Waals surface area contributed by atoms with E-state index in [0.29, 0.717) is 6.04 Å². The summed E-state index contributed by atoms with van der Waals surface area (Å²) in [5.41, 5.74) is 5.69. The van der Waals surface area contributed by atoms with Gasteiger partial charge in [-0.1, -0.05) is 54.1 Å². The number of aryl methyl sites for hydroxylation is 3. The zero-order valence-corrected chi connectivity index (χ0v) is 13.5. The molecule has 2 rings (SSSR count). The minimum absolute atomic E-state index is 0.564. The molecule has 2 aromatic rings. The largest absolute Gasteiger partial charge is 0.317 e. The van der Waals surface area contributed by atoms with Crippen LogP contribution in [0, 0.1) is 13.8 Å². The first kappa shape index (κ1) is 15.8. The summed E-state index contributed by atoms with van der Waals surface area (Å²) < 4.78 is 0. The minimum atomic E-state index is 0.564. The summed E-state index contributed by atoms with van der Waals surface area (Å²) in [5, 5.41) is 3.48. The van der Waals surface area contributed by atoms with Crippen molar-refractivity contribution in [1.82, 2.24) is 5.32 Å². The summed E-state index contributed by atoms with van der Waals surface area (Å²) in [5.74, 6) is 0. The molecule has 0 aliphatic heterocycles. The third-order valence-electron chi connectivity index (χ3n) is 4.24. The maximum Gasteiger partial charge on any atom is 0.0105 e. The molecule has 0 radical (unpaired) electrons. The van der Waals surface area contributed by atoms with E-state index in [-0.39, 0.29) is 0 Å². The van der Waals surface area contributed by atoms with Gasteiger partial charge in [-0.05, 0) is 63.3 Å². The fourth-order valence-electron chi connectivity index (χ4n) is 2.83. The van der Waals surface area contributed by atoms with E-state index in [2.05, 4.69) is 74.7 Å². The Morgan fingerprint density at radius 3 is 2.48 bits per heavy atom. The summed E-state index contributed by atoms with van der Waals surface area (Å²) >= 11 is 0. The average Bonchev–Trinajstić information content (AvgIpc) is 2.51. The molecule has 0 amide bonds. The predicted molar refractivity (Wildman–Crippen MR) is 91.8 cm³/mol. The Morgan fingerprint density at radius 1 is 1.00 bits per heavy atom. The molecular formula is C20H27N. The predicted octanol–water partition coefficient (Wildman–Crippen LogP) is 4.46. The lowest BCUT2D eigenvalue weighted by Crippen LogP contribution is -2.28. The smallest absolute Gasteiger partial charge is 0.0105 e. The standard InChI is InChI=1S/C20H27N/c1-16-12-13-17(2)19(14-16)15-20(21-3)11-7-10-18-8-5-4-6-9-18/h4-6,8-9,12-14,20-21H,7,10-11,15H2,1-3H3. The van der Waals surface area contributed by atoms with Gasteiger partial charge in [0.1, 0.15) is 0 Å². The van der Waals surface area contributed by atoms with E-state index in [1.165, 1.54) is 41.5 Å². The number of hydrogen-bond acceptors (Lipinski definition) is 1. The van der Waals surface area contributed by atoms with Crippen LogP contribution in [0.25, 0.3) is 0 Å². The van der Waals surface area contributed by atoms with E-state index < -0.39 is 0 Å². The Kier molecular flexibility index (Phi) is 6.01. The zero-order valence-electron chi connectivity index (χ0n) is 13.5. The van der Waals surface area contributed by atoms with Gasteiger partial charge < -0.3 is 5.32 Å². The van der Waals surface area contributed by atoms with E-state index in [1.54, 1.807) is 0 Å². The monoisotopic (exact) mass is 281 g/mol. The van der Waals surface area contributed by atoms with Gasteiger partial charge in [-0.2, -0.15) is 0 Å². The lowest BCUT2D eigenvalue weighted by Gasteiger charge is -2.18. The Bertz CT molecular complexity index is 545. The summed E-state index contributed by atoms with van der Waals surface area (Å²) in [7, 11) is 2.08. The number of likely N-dealkylation sites (N-methyl/N-ethyl adjacent to an activating group) is 1. The normalized spacial score (nSPS) is 12.3.